The Morgan fingerprint density at radius 3 is 2.60 bits per heavy atom. The van der Waals surface area contributed by atoms with Crippen LogP contribution in [0.25, 0.3) is 0 Å². The molecule has 82 valence electrons. The number of aliphatic hydroxyl groups excluding tert-OH is 1. The largest absolute Gasteiger partial charge is 0.388 e. The van der Waals surface area contributed by atoms with Crippen molar-refractivity contribution in [1.82, 2.24) is 0 Å². The highest BCUT2D eigenvalue weighted by Crippen LogP contribution is 2.27. The van der Waals surface area contributed by atoms with E-state index >= 15 is 0 Å². The van der Waals surface area contributed by atoms with Gasteiger partial charge in [-0.05, 0) is 31.9 Å². The van der Waals surface area contributed by atoms with E-state index in [1.165, 1.54) is 13.0 Å². The second-order valence-corrected chi connectivity index (χ2v) is 3.77. The molecule has 0 saturated heterocycles. The van der Waals surface area contributed by atoms with Crippen LogP contribution in [0.4, 0.5) is 8.78 Å². The Balaban J connectivity index is 3.12. The van der Waals surface area contributed by atoms with Gasteiger partial charge in [0.1, 0.15) is 11.6 Å². The highest BCUT2D eigenvalue weighted by atomic mass is 19.1. The molecule has 0 heterocycles. The van der Waals surface area contributed by atoms with Crippen molar-refractivity contribution in [2.45, 2.75) is 26.4 Å². The van der Waals surface area contributed by atoms with Crippen molar-refractivity contribution >= 4 is 0 Å². The predicted octanol–water partition coefficient (Wildman–Crippen LogP) is 3.27. The molecule has 0 aliphatic rings. The van der Waals surface area contributed by atoms with Crippen LogP contribution < -0.4 is 0 Å². The van der Waals surface area contributed by atoms with Crippen molar-refractivity contribution in [2.24, 2.45) is 0 Å². The Labute approximate surface area is 88.1 Å². The molecular formula is C12H14F2O. The Morgan fingerprint density at radius 1 is 1.47 bits per heavy atom. The maximum absolute atomic E-state index is 13.5. The number of aryl methyl sites for hydroxylation is 1. The van der Waals surface area contributed by atoms with Crippen molar-refractivity contribution in [1.29, 1.82) is 0 Å². The van der Waals surface area contributed by atoms with Crippen molar-refractivity contribution in [3.8, 4) is 0 Å². The average molecular weight is 212 g/mol. The van der Waals surface area contributed by atoms with Crippen LogP contribution in [0.2, 0.25) is 0 Å². The Kier molecular flexibility index (Phi) is 3.58. The Bertz CT molecular complexity index is 385. The maximum atomic E-state index is 13.5. The molecule has 0 saturated carbocycles. The van der Waals surface area contributed by atoms with Crippen LogP contribution in [-0.2, 0) is 0 Å². The molecule has 0 bridgehead atoms. The standard InChI is InChI=1S/C12H14F2O/c1-7(2)6-10(15)11-9(13)5-4-8(3)12(11)14/h4-5,10,15H,1,6H2,2-3H3. The van der Waals surface area contributed by atoms with Gasteiger partial charge in [0.25, 0.3) is 0 Å². The van der Waals surface area contributed by atoms with Crippen LogP contribution >= 0.6 is 0 Å². The minimum Gasteiger partial charge on any atom is -0.388 e. The molecule has 0 spiro atoms. The lowest BCUT2D eigenvalue weighted by Gasteiger charge is -2.13. The SMILES string of the molecule is C=C(C)CC(O)c1c(F)ccc(C)c1F. The molecule has 15 heavy (non-hydrogen) atoms. The number of hydrogen-bond donors (Lipinski definition) is 1. The van der Waals surface area contributed by atoms with E-state index in [0.29, 0.717) is 11.1 Å². The fourth-order valence-electron chi connectivity index (χ4n) is 1.42. The van der Waals surface area contributed by atoms with Gasteiger partial charge in [0.2, 0.25) is 0 Å². The second-order valence-electron chi connectivity index (χ2n) is 3.77. The number of rotatable bonds is 3. The third-order valence-electron chi connectivity index (χ3n) is 2.19. The lowest BCUT2D eigenvalue weighted by Crippen LogP contribution is -2.06. The first kappa shape index (κ1) is 11.9. The van der Waals surface area contributed by atoms with E-state index < -0.39 is 17.7 Å². The first-order chi connectivity index (χ1) is 6.93. The van der Waals surface area contributed by atoms with Gasteiger partial charge < -0.3 is 5.11 Å². The summed E-state index contributed by atoms with van der Waals surface area (Å²) in [6, 6.07) is 2.51. The van der Waals surface area contributed by atoms with E-state index in [1.54, 1.807) is 6.92 Å². The maximum Gasteiger partial charge on any atom is 0.134 e. The molecule has 1 aromatic carbocycles. The first-order valence-electron chi connectivity index (χ1n) is 4.70. The lowest BCUT2D eigenvalue weighted by molar-refractivity contribution is 0.168. The van der Waals surface area contributed by atoms with Gasteiger partial charge in [0.05, 0.1) is 11.7 Å². The van der Waals surface area contributed by atoms with E-state index in [4.69, 9.17) is 0 Å². The van der Waals surface area contributed by atoms with Crippen LogP contribution in [0, 0.1) is 18.6 Å². The van der Waals surface area contributed by atoms with E-state index in [0.717, 1.165) is 6.07 Å². The molecule has 1 aromatic rings. The van der Waals surface area contributed by atoms with Crippen LogP contribution in [0.3, 0.4) is 0 Å². The summed E-state index contributed by atoms with van der Waals surface area (Å²) in [6.07, 6.45) is -1.00. The first-order valence-corrected chi connectivity index (χ1v) is 4.70. The number of halogens is 2. The highest BCUT2D eigenvalue weighted by Gasteiger charge is 2.19. The van der Waals surface area contributed by atoms with Crippen LogP contribution in [0.5, 0.6) is 0 Å². The normalized spacial score (nSPS) is 12.6. The van der Waals surface area contributed by atoms with Crippen molar-refractivity contribution in [3.63, 3.8) is 0 Å². The molecule has 0 radical (unpaired) electrons. The smallest absolute Gasteiger partial charge is 0.134 e. The Hall–Kier alpha value is -1.22. The molecule has 1 atom stereocenters. The van der Waals surface area contributed by atoms with E-state index in [2.05, 4.69) is 6.58 Å². The van der Waals surface area contributed by atoms with E-state index in [1.807, 2.05) is 0 Å². The lowest BCUT2D eigenvalue weighted by atomic mass is 10.00. The van der Waals surface area contributed by atoms with Gasteiger partial charge in [-0.25, -0.2) is 8.78 Å². The van der Waals surface area contributed by atoms with Gasteiger partial charge in [-0.1, -0.05) is 11.6 Å². The molecule has 3 heteroatoms. The Morgan fingerprint density at radius 2 is 2.07 bits per heavy atom. The van der Waals surface area contributed by atoms with Gasteiger partial charge in [0, 0.05) is 0 Å². The summed E-state index contributed by atoms with van der Waals surface area (Å²) in [4.78, 5) is 0. The summed E-state index contributed by atoms with van der Waals surface area (Å²) in [6.45, 7) is 6.83. The summed E-state index contributed by atoms with van der Waals surface area (Å²) in [5.41, 5.74) is 0.743. The predicted molar refractivity (Wildman–Crippen MR) is 55.5 cm³/mol. The minimum absolute atomic E-state index is 0.164. The quantitative estimate of drug-likeness (QED) is 0.762. The van der Waals surface area contributed by atoms with Gasteiger partial charge >= 0.3 is 0 Å². The molecule has 1 N–H and O–H groups in total. The molecule has 1 rings (SSSR count). The molecular weight excluding hydrogens is 198 g/mol. The topological polar surface area (TPSA) is 20.2 Å². The number of benzene rings is 1. The molecule has 0 aliphatic carbocycles. The van der Waals surface area contributed by atoms with Gasteiger partial charge in [-0.15, -0.1) is 6.58 Å². The molecule has 0 amide bonds. The summed E-state index contributed by atoms with van der Waals surface area (Å²) < 4.78 is 26.8. The van der Waals surface area contributed by atoms with E-state index in [9.17, 15) is 13.9 Å². The molecule has 0 aliphatic heterocycles. The van der Waals surface area contributed by atoms with Crippen LogP contribution in [0.1, 0.15) is 30.6 Å². The van der Waals surface area contributed by atoms with Crippen molar-refractivity contribution in [2.75, 3.05) is 0 Å². The number of aliphatic hydroxyl groups is 1. The average Bonchev–Trinajstić information content (AvgIpc) is 2.11. The van der Waals surface area contributed by atoms with Gasteiger partial charge in [0.15, 0.2) is 0 Å². The number of hydrogen-bond acceptors (Lipinski definition) is 1. The van der Waals surface area contributed by atoms with E-state index in [-0.39, 0.29) is 12.0 Å². The second kappa shape index (κ2) is 4.53. The molecule has 0 fully saturated rings. The van der Waals surface area contributed by atoms with Crippen molar-refractivity contribution < 1.29 is 13.9 Å². The molecule has 1 unspecified atom stereocenters. The third kappa shape index (κ3) is 2.63. The highest BCUT2D eigenvalue weighted by molar-refractivity contribution is 5.29. The fraction of sp³-hybridized carbons (Fsp3) is 0.333. The summed E-state index contributed by atoms with van der Waals surface area (Å²) >= 11 is 0. The molecule has 0 aromatic heterocycles. The van der Waals surface area contributed by atoms with Crippen LogP contribution in [-0.4, -0.2) is 5.11 Å². The minimum atomic E-state index is -1.16. The monoisotopic (exact) mass is 212 g/mol. The zero-order valence-electron chi connectivity index (χ0n) is 8.85. The summed E-state index contributed by atoms with van der Waals surface area (Å²) in [7, 11) is 0. The zero-order valence-corrected chi connectivity index (χ0v) is 8.85. The zero-order chi connectivity index (χ0) is 11.6. The van der Waals surface area contributed by atoms with Gasteiger partial charge in [-0.2, -0.15) is 0 Å². The van der Waals surface area contributed by atoms with Crippen LogP contribution in [0.15, 0.2) is 24.3 Å². The van der Waals surface area contributed by atoms with Crippen molar-refractivity contribution in [3.05, 3.63) is 47.0 Å². The summed E-state index contributed by atoms with van der Waals surface area (Å²) in [5.74, 6) is -1.39. The molecule has 1 nitrogen and oxygen atoms in total. The van der Waals surface area contributed by atoms with Gasteiger partial charge in [-0.3, -0.25) is 0 Å². The summed E-state index contributed by atoms with van der Waals surface area (Å²) in [5, 5.41) is 9.64. The third-order valence-corrected chi connectivity index (χ3v) is 2.19. The fourth-order valence-corrected chi connectivity index (χ4v) is 1.42.